The third-order valence-electron chi connectivity index (χ3n) is 1.08. The Kier molecular flexibility index (Phi) is 6.08. The van der Waals surface area contributed by atoms with E-state index in [1.807, 2.05) is 0 Å². The molecule has 0 fully saturated rings. The summed E-state index contributed by atoms with van der Waals surface area (Å²) in [5, 5.41) is 11.5. The van der Waals surface area contributed by atoms with Crippen molar-refractivity contribution in [2.75, 3.05) is 0 Å². The molecule has 0 spiro atoms. The zero-order valence-electron chi connectivity index (χ0n) is 6.89. The fourth-order valence-electron chi connectivity index (χ4n) is 0.692. The van der Waals surface area contributed by atoms with Gasteiger partial charge in [-0.05, 0) is 28.9 Å². The molecule has 0 aliphatic rings. The molecule has 0 amide bonds. The van der Waals surface area contributed by atoms with Crippen LogP contribution in [-0.4, -0.2) is 21.9 Å². The van der Waals surface area contributed by atoms with Gasteiger partial charge in [0.1, 0.15) is 0 Å². The second kappa shape index (κ2) is 5.13. The van der Waals surface area contributed by atoms with Crippen molar-refractivity contribution in [2.45, 2.75) is 27.2 Å². The molecule has 11 heavy (non-hydrogen) atoms. The Labute approximate surface area is 73.0 Å². The molecule has 0 atom stereocenters. The van der Waals surface area contributed by atoms with Crippen molar-refractivity contribution in [3.8, 4) is 0 Å². The molecule has 0 aromatic rings. The van der Waals surface area contributed by atoms with Gasteiger partial charge in [-0.15, -0.1) is 0 Å². The second-order valence-corrected chi connectivity index (χ2v) is 3.53. The lowest BCUT2D eigenvalue weighted by molar-refractivity contribution is 0.313. The van der Waals surface area contributed by atoms with E-state index in [9.17, 15) is 0 Å². The van der Waals surface area contributed by atoms with E-state index in [0.717, 1.165) is 6.42 Å². The highest BCUT2D eigenvalue weighted by Gasteiger charge is 2.12. The van der Waals surface area contributed by atoms with Crippen molar-refractivity contribution in [2.24, 2.45) is 10.6 Å². The lowest BCUT2D eigenvalue weighted by atomic mass is 9.90. The first-order valence-corrected chi connectivity index (χ1v) is 3.33. The minimum atomic E-state index is 0. The van der Waals surface area contributed by atoms with E-state index in [1.54, 1.807) is 6.08 Å². The van der Waals surface area contributed by atoms with Gasteiger partial charge in [0.25, 0.3) is 0 Å². The van der Waals surface area contributed by atoms with Crippen LogP contribution >= 0.6 is 0 Å². The predicted molar refractivity (Wildman–Crippen MR) is 54.8 cm³/mol. The van der Waals surface area contributed by atoms with Crippen LogP contribution in [0.2, 0.25) is 0 Å². The third kappa shape index (κ3) is 7.32. The molecule has 0 rings (SSSR count). The lowest BCUT2D eigenvalue weighted by Gasteiger charge is -2.16. The molecule has 0 aliphatic heterocycles. The molecule has 0 unspecified atom stereocenters. The molecule has 0 saturated carbocycles. The Morgan fingerprint density at radius 2 is 2.00 bits per heavy atom. The van der Waals surface area contributed by atoms with Crippen LogP contribution in [0.3, 0.4) is 0 Å². The molecule has 0 aromatic carbocycles. The van der Waals surface area contributed by atoms with Crippen LogP contribution in [0.4, 0.5) is 0 Å². The summed E-state index contributed by atoms with van der Waals surface area (Å²) in [6.45, 7) is 9.78. The quantitative estimate of drug-likeness (QED) is 0.287. The van der Waals surface area contributed by atoms with Gasteiger partial charge in [0.05, 0.1) is 5.71 Å². The van der Waals surface area contributed by atoms with Crippen molar-refractivity contribution >= 4 is 16.7 Å². The van der Waals surface area contributed by atoms with Crippen LogP contribution in [0, 0.1) is 5.41 Å². The molecule has 0 heterocycles. The van der Waals surface area contributed by atoms with E-state index in [0.29, 0.717) is 5.71 Å². The van der Waals surface area contributed by atoms with E-state index < -0.39 is 0 Å². The minimum absolute atomic E-state index is 0. The molecule has 0 bridgehead atoms. The Bertz CT molecular complexity index is 147. The minimum Gasteiger partial charge on any atom is -0.411 e. The highest BCUT2D eigenvalue weighted by Crippen LogP contribution is 2.19. The van der Waals surface area contributed by atoms with Gasteiger partial charge >= 0.3 is 0 Å². The van der Waals surface area contributed by atoms with Gasteiger partial charge in [-0.25, -0.2) is 0 Å². The molecule has 0 aromatic heterocycles. The van der Waals surface area contributed by atoms with Gasteiger partial charge in [0.15, 0.2) is 0 Å². The molecular weight excluding hydrogens is 154 g/mol. The largest absolute Gasteiger partial charge is 0.411 e. The first-order chi connectivity index (χ1) is 4.49. The second-order valence-electron chi connectivity index (χ2n) is 3.53. The summed E-state index contributed by atoms with van der Waals surface area (Å²) in [6.07, 6.45) is 2.33. The fraction of sp³-hybridized carbons (Fsp3) is 0.625. The number of hydrogen-bond acceptors (Lipinski definition) is 2. The normalized spacial score (nSPS) is 12.1. The summed E-state index contributed by atoms with van der Waals surface area (Å²) in [5.74, 6) is 0. The first kappa shape index (κ1) is 13.0. The highest BCUT2D eigenvalue weighted by atomic mass is 28.1. The lowest BCUT2D eigenvalue weighted by Crippen LogP contribution is -2.10. The van der Waals surface area contributed by atoms with Gasteiger partial charge in [-0.3, -0.25) is 0 Å². The Morgan fingerprint density at radius 1 is 1.55 bits per heavy atom. The van der Waals surface area contributed by atoms with Crippen LogP contribution < -0.4 is 0 Å². The maximum Gasteiger partial charge on any atom is 0.0795 e. The van der Waals surface area contributed by atoms with Crippen molar-refractivity contribution in [3.63, 3.8) is 0 Å². The summed E-state index contributed by atoms with van der Waals surface area (Å²) in [4.78, 5) is 0. The van der Waals surface area contributed by atoms with E-state index >= 15 is 0 Å². The van der Waals surface area contributed by atoms with Gasteiger partial charge in [-0.1, -0.05) is 32.5 Å². The van der Waals surface area contributed by atoms with Crippen LogP contribution in [0.25, 0.3) is 0 Å². The average molecular weight is 173 g/mol. The molecule has 0 saturated heterocycles. The summed E-state index contributed by atoms with van der Waals surface area (Å²) >= 11 is 0. The van der Waals surface area contributed by atoms with Gasteiger partial charge in [0, 0.05) is 0 Å². The van der Waals surface area contributed by atoms with Crippen LogP contribution in [-0.2, 0) is 0 Å². The predicted octanol–water partition coefficient (Wildman–Crippen LogP) is 0.987. The van der Waals surface area contributed by atoms with E-state index in [2.05, 4.69) is 32.5 Å². The van der Waals surface area contributed by atoms with E-state index in [4.69, 9.17) is 5.21 Å². The summed E-state index contributed by atoms with van der Waals surface area (Å²) in [7, 11) is 0. The van der Waals surface area contributed by atoms with Crippen LogP contribution in [0.1, 0.15) is 27.2 Å². The van der Waals surface area contributed by atoms with Crippen molar-refractivity contribution in [1.82, 2.24) is 0 Å². The average Bonchev–Trinajstić information content (AvgIpc) is 1.81. The van der Waals surface area contributed by atoms with E-state index in [1.165, 1.54) is 0 Å². The third-order valence-corrected chi connectivity index (χ3v) is 1.08. The zero-order chi connectivity index (χ0) is 8.20. The molecule has 0 aliphatic carbocycles. The molecular formula is C8H19NOSi. The molecule has 3 heteroatoms. The van der Waals surface area contributed by atoms with Crippen LogP contribution in [0.5, 0.6) is 0 Å². The number of nitrogens with zero attached hydrogens (tertiary/aromatic N) is 1. The summed E-state index contributed by atoms with van der Waals surface area (Å²) < 4.78 is 0. The number of allylic oxidation sites excluding steroid dienone is 1. The standard InChI is InChI=1S/C8H15NO.H4Si/c1-5-7(9-10)6-8(2,3)4;/h5,10H,1,6H2,2-4H3;1H4. The highest BCUT2D eigenvalue weighted by molar-refractivity contribution is 5.94. The van der Waals surface area contributed by atoms with Gasteiger partial charge in [0.2, 0.25) is 0 Å². The fourth-order valence-corrected chi connectivity index (χ4v) is 0.692. The van der Waals surface area contributed by atoms with Crippen LogP contribution in [0.15, 0.2) is 17.8 Å². The SMILES string of the molecule is C=CC(CC(C)(C)C)=NO.[SiH4]. The Balaban J connectivity index is 0. The molecule has 66 valence electrons. The number of hydrogen-bond donors (Lipinski definition) is 1. The maximum atomic E-state index is 8.41. The van der Waals surface area contributed by atoms with E-state index in [-0.39, 0.29) is 16.4 Å². The van der Waals surface area contributed by atoms with Crippen molar-refractivity contribution in [1.29, 1.82) is 0 Å². The van der Waals surface area contributed by atoms with Crippen molar-refractivity contribution in [3.05, 3.63) is 12.7 Å². The molecule has 1 N–H and O–H groups in total. The summed E-state index contributed by atoms with van der Waals surface area (Å²) in [6, 6.07) is 0. The topological polar surface area (TPSA) is 32.6 Å². The summed E-state index contributed by atoms with van der Waals surface area (Å²) in [5.41, 5.74) is 0.808. The van der Waals surface area contributed by atoms with Crippen molar-refractivity contribution < 1.29 is 5.21 Å². The molecule has 0 radical (unpaired) electrons. The van der Waals surface area contributed by atoms with Gasteiger partial charge in [-0.2, -0.15) is 0 Å². The van der Waals surface area contributed by atoms with Gasteiger partial charge < -0.3 is 5.21 Å². The zero-order valence-corrected chi connectivity index (χ0v) is 6.89. The number of rotatable bonds is 2. The Morgan fingerprint density at radius 3 is 2.09 bits per heavy atom. The maximum absolute atomic E-state index is 8.41. The first-order valence-electron chi connectivity index (χ1n) is 3.33. The molecule has 2 nitrogen and oxygen atoms in total. The Hall–Kier alpha value is -0.573. The smallest absolute Gasteiger partial charge is 0.0795 e. The number of oxime groups is 1. The monoisotopic (exact) mass is 173 g/mol.